The smallest absolute Gasteiger partial charge is 0.314 e. The highest BCUT2D eigenvalue weighted by Crippen LogP contribution is 2.41. The van der Waals surface area contributed by atoms with E-state index in [9.17, 15) is 9.59 Å². The molecular formula is C30H40N2O3. The van der Waals surface area contributed by atoms with Gasteiger partial charge in [0.25, 0.3) is 5.91 Å². The van der Waals surface area contributed by atoms with Gasteiger partial charge in [0.1, 0.15) is 5.75 Å². The van der Waals surface area contributed by atoms with Gasteiger partial charge in [-0.05, 0) is 88.2 Å². The van der Waals surface area contributed by atoms with Gasteiger partial charge in [0.2, 0.25) is 0 Å². The zero-order chi connectivity index (χ0) is 24.8. The lowest BCUT2D eigenvalue weighted by Gasteiger charge is -2.44. The van der Waals surface area contributed by atoms with Crippen LogP contribution >= 0.6 is 0 Å². The summed E-state index contributed by atoms with van der Waals surface area (Å²) >= 11 is 0. The van der Waals surface area contributed by atoms with Gasteiger partial charge >= 0.3 is 5.97 Å². The minimum absolute atomic E-state index is 0.0782. The number of ether oxygens (including phenoxy) is 1. The summed E-state index contributed by atoms with van der Waals surface area (Å²) in [5.41, 5.74) is 1.84. The maximum Gasteiger partial charge on any atom is 0.314 e. The van der Waals surface area contributed by atoms with Crippen LogP contribution < -0.4 is 4.74 Å². The Labute approximate surface area is 210 Å². The fraction of sp³-hybridized carbons (Fsp3) is 0.533. The van der Waals surface area contributed by atoms with Gasteiger partial charge in [-0.25, -0.2) is 0 Å². The topological polar surface area (TPSA) is 49.9 Å². The molecule has 2 unspecified atom stereocenters. The van der Waals surface area contributed by atoms with Gasteiger partial charge in [0, 0.05) is 37.2 Å². The minimum atomic E-state index is -0.229. The molecule has 1 saturated heterocycles. The Bertz CT molecular complexity index is 982. The molecule has 2 fully saturated rings. The zero-order valence-corrected chi connectivity index (χ0v) is 21.5. The molecule has 0 bridgehead atoms. The summed E-state index contributed by atoms with van der Waals surface area (Å²) in [4.78, 5) is 30.3. The van der Waals surface area contributed by atoms with Gasteiger partial charge in [-0.3, -0.25) is 9.59 Å². The number of carbonyl (C=O) groups is 2. The quantitative estimate of drug-likeness (QED) is 0.334. The van der Waals surface area contributed by atoms with Crippen LogP contribution in [0.25, 0.3) is 0 Å². The lowest BCUT2D eigenvalue weighted by molar-refractivity contribution is -0.139. The molecule has 1 heterocycles. The molecule has 1 aliphatic carbocycles. The first-order valence-electron chi connectivity index (χ1n) is 13.3. The zero-order valence-electron chi connectivity index (χ0n) is 21.5. The molecule has 1 amide bonds. The number of rotatable bonds is 10. The van der Waals surface area contributed by atoms with Crippen molar-refractivity contribution in [3.8, 4) is 5.75 Å². The van der Waals surface area contributed by atoms with Crippen molar-refractivity contribution in [3.05, 3.63) is 65.7 Å². The highest BCUT2D eigenvalue weighted by atomic mass is 16.5. The molecule has 1 aliphatic heterocycles. The van der Waals surface area contributed by atoms with Crippen molar-refractivity contribution in [2.24, 2.45) is 11.8 Å². The van der Waals surface area contributed by atoms with Gasteiger partial charge in [-0.2, -0.15) is 0 Å². The van der Waals surface area contributed by atoms with Crippen LogP contribution in [0.5, 0.6) is 5.75 Å². The molecule has 4 rings (SSSR count). The summed E-state index contributed by atoms with van der Waals surface area (Å²) in [6, 6.07) is 17.5. The molecule has 2 aromatic carbocycles. The predicted molar refractivity (Wildman–Crippen MR) is 140 cm³/mol. The van der Waals surface area contributed by atoms with E-state index in [1.807, 2.05) is 68.1 Å². The molecule has 188 valence electrons. The van der Waals surface area contributed by atoms with Crippen molar-refractivity contribution in [1.82, 2.24) is 9.80 Å². The fourth-order valence-electron chi connectivity index (χ4n) is 5.60. The molecule has 0 N–H and O–H groups in total. The molecule has 0 spiro atoms. The van der Waals surface area contributed by atoms with E-state index in [2.05, 4.69) is 17.0 Å². The molecular weight excluding hydrogens is 436 g/mol. The molecule has 0 aromatic heterocycles. The number of likely N-dealkylation sites (tertiary alicyclic amines) is 1. The standard InChI is InChI=1S/C30H40N2O3/c1-4-32(5-2)28(33)25-14-16-26(17-15-25)30(18-9-19-31(22-30)21-24-12-13-24)20-23(3)29(34)35-27-10-7-6-8-11-27/h6-8,10-11,14-17,23-24H,4-5,9,12-13,18-22H2,1-3H3. The molecule has 1 saturated carbocycles. The van der Waals surface area contributed by atoms with E-state index in [0.717, 1.165) is 50.4 Å². The van der Waals surface area contributed by atoms with Crippen molar-refractivity contribution in [2.75, 3.05) is 32.7 Å². The average molecular weight is 477 g/mol. The van der Waals surface area contributed by atoms with Crippen LogP contribution in [0, 0.1) is 11.8 Å². The first-order chi connectivity index (χ1) is 16.9. The van der Waals surface area contributed by atoms with Crippen molar-refractivity contribution in [3.63, 3.8) is 0 Å². The normalized spacial score (nSPS) is 21.3. The van der Waals surface area contributed by atoms with Crippen LogP contribution in [0.15, 0.2) is 54.6 Å². The van der Waals surface area contributed by atoms with E-state index < -0.39 is 0 Å². The third-order valence-electron chi connectivity index (χ3n) is 7.73. The van der Waals surface area contributed by atoms with E-state index in [1.54, 1.807) is 0 Å². The summed E-state index contributed by atoms with van der Waals surface area (Å²) in [5.74, 6) is 1.10. The predicted octanol–water partition coefficient (Wildman–Crippen LogP) is 5.54. The molecule has 2 aliphatic rings. The molecule has 0 radical (unpaired) electrons. The number of benzene rings is 2. The number of carbonyl (C=O) groups excluding carboxylic acids is 2. The van der Waals surface area contributed by atoms with Crippen LogP contribution in [0.1, 0.15) is 68.8 Å². The van der Waals surface area contributed by atoms with E-state index in [0.29, 0.717) is 18.8 Å². The Balaban J connectivity index is 1.55. The average Bonchev–Trinajstić information content (AvgIpc) is 3.69. The largest absolute Gasteiger partial charge is 0.426 e. The number of hydrogen-bond donors (Lipinski definition) is 0. The van der Waals surface area contributed by atoms with E-state index in [4.69, 9.17) is 4.74 Å². The van der Waals surface area contributed by atoms with E-state index >= 15 is 0 Å². The minimum Gasteiger partial charge on any atom is -0.426 e. The van der Waals surface area contributed by atoms with E-state index in [-0.39, 0.29) is 23.2 Å². The highest BCUT2D eigenvalue weighted by molar-refractivity contribution is 5.94. The highest BCUT2D eigenvalue weighted by Gasteiger charge is 2.41. The van der Waals surface area contributed by atoms with Crippen molar-refractivity contribution >= 4 is 11.9 Å². The van der Waals surface area contributed by atoms with Crippen molar-refractivity contribution < 1.29 is 14.3 Å². The van der Waals surface area contributed by atoms with Crippen LogP contribution in [0.2, 0.25) is 0 Å². The monoisotopic (exact) mass is 476 g/mol. The van der Waals surface area contributed by atoms with Crippen LogP contribution in [-0.4, -0.2) is 54.4 Å². The molecule has 5 nitrogen and oxygen atoms in total. The maximum absolute atomic E-state index is 13.0. The summed E-state index contributed by atoms with van der Waals surface area (Å²) in [5, 5.41) is 0. The Kier molecular flexibility index (Phi) is 8.27. The van der Waals surface area contributed by atoms with Gasteiger partial charge in [0.05, 0.1) is 5.92 Å². The third-order valence-corrected chi connectivity index (χ3v) is 7.73. The Morgan fingerprint density at radius 2 is 1.74 bits per heavy atom. The SMILES string of the molecule is CCN(CC)C(=O)c1ccc(C2(CC(C)C(=O)Oc3ccccc3)CCCN(CC3CC3)C2)cc1. The summed E-state index contributed by atoms with van der Waals surface area (Å²) in [6.07, 6.45) is 5.58. The van der Waals surface area contributed by atoms with Crippen LogP contribution in [0.4, 0.5) is 0 Å². The van der Waals surface area contributed by atoms with Crippen molar-refractivity contribution in [2.45, 2.75) is 58.3 Å². The Hall–Kier alpha value is -2.66. The summed E-state index contributed by atoms with van der Waals surface area (Å²) in [6.45, 7) is 10.7. The Morgan fingerprint density at radius 3 is 2.37 bits per heavy atom. The molecule has 2 atom stereocenters. The van der Waals surface area contributed by atoms with Gasteiger partial charge in [-0.15, -0.1) is 0 Å². The number of para-hydroxylation sites is 1. The second kappa shape index (κ2) is 11.4. The molecule has 2 aromatic rings. The van der Waals surface area contributed by atoms with Gasteiger partial charge in [-0.1, -0.05) is 37.3 Å². The number of nitrogens with zero attached hydrogens (tertiary/aromatic N) is 2. The van der Waals surface area contributed by atoms with E-state index in [1.165, 1.54) is 18.4 Å². The second-order valence-electron chi connectivity index (χ2n) is 10.5. The summed E-state index contributed by atoms with van der Waals surface area (Å²) in [7, 11) is 0. The Morgan fingerprint density at radius 1 is 1.06 bits per heavy atom. The summed E-state index contributed by atoms with van der Waals surface area (Å²) < 4.78 is 5.70. The van der Waals surface area contributed by atoms with Gasteiger partial charge in [0.15, 0.2) is 0 Å². The molecule has 5 heteroatoms. The number of piperidine rings is 1. The molecule has 35 heavy (non-hydrogen) atoms. The lowest BCUT2D eigenvalue weighted by atomic mass is 9.69. The van der Waals surface area contributed by atoms with Crippen molar-refractivity contribution in [1.29, 1.82) is 0 Å². The lowest BCUT2D eigenvalue weighted by Crippen LogP contribution is -2.48. The second-order valence-corrected chi connectivity index (χ2v) is 10.5. The first kappa shape index (κ1) is 25.4. The third kappa shape index (κ3) is 6.32. The first-order valence-corrected chi connectivity index (χ1v) is 13.3. The number of esters is 1. The number of amides is 1. The van der Waals surface area contributed by atoms with Crippen LogP contribution in [0.3, 0.4) is 0 Å². The fourth-order valence-corrected chi connectivity index (χ4v) is 5.60. The van der Waals surface area contributed by atoms with Gasteiger partial charge < -0.3 is 14.5 Å². The maximum atomic E-state index is 13.0. The number of hydrogen-bond acceptors (Lipinski definition) is 4. The van der Waals surface area contributed by atoms with Crippen LogP contribution in [-0.2, 0) is 10.2 Å².